The van der Waals surface area contributed by atoms with Crippen molar-refractivity contribution in [1.29, 1.82) is 0 Å². The van der Waals surface area contributed by atoms with E-state index in [1.54, 1.807) is 22.8 Å². The second-order valence-corrected chi connectivity index (χ2v) is 11.5. The summed E-state index contributed by atoms with van der Waals surface area (Å²) in [5.74, 6) is 0. The normalized spacial score (nSPS) is 15.7. The third kappa shape index (κ3) is 4.53. The third-order valence-electron chi connectivity index (χ3n) is 6.35. The largest absolute Gasteiger partial charge is 0.368 e. The molecule has 0 amide bonds. The Morgan fingerprint density at radius 3 is 2.62 bits per heavy atom. The number of anilines is 1. The van der Waals surface area contributed by atoms with Crippen molar-refractivity contribution in [2.75, 3.05) is 18.0 Å². The summed E-state index contributed by atoms with van der Waals surface area (Å²) in [6.45, 7) is 3.82. The first-order valence-corrected chi connectivity index (χ1v) is 13.7. The van der Waals surface area contributed by atoms with E-state index in [0.29, 0.717) is 30.3 Å². The van der Waals surface area contributed by atoms with Gasteiger partial charge in [0.05, 0.1) is 21.7 Å². The van der Waals surface area contributed by atoms with Gasteiger partial charge in [0.15, 0.2) is 0 Å². The molecule has 0 spiro atoms. The van der Waals surface area contributed by atoms with E-state index in [9.17, 15) is 13.2 Å². The lowest BCUT2D eigenvalue weighted by Crippen LogP contribution is -2.33. The zero-order valence-corrected chi connectivity index (χ0v) is 20.6. The average Bonchev–Trinajstić information content (AvgIpc) is 3.32. The molecule has 3 aromatic carbocycles. The summed E-state index contributed by atoms with van der Waals surface area (Å²) in [7, 11) is -3.66. The Hall–Kier alpha value is -2.94. The molecular formula is C26H27N3O3S2. The molecule has 1 atom stereocenters. The maximum atomic E-state index is 12.9. The van der Waals surface area contributed by atoms with Crippen LogP contribution in [0, 0.1) is 0 Å². The van der Waals surface area contributed by atoms with Crippen LogP contribution in [0.15, 0.2) is 82.5 Å². The Morgan fingerprint density at radius 1 is 1.03 bits per heavy atom. The van der Waals surface area contributed by atoms with E-state index in [1.807, 2.05) is 36.4 Å². The van der Waals surface area contributed by atoms with Crippen molar-refractivity contribution in [3.63, 3.8) is 0 Å². The molecule has 5 rings (SSSR count). The van der Waals surface area contributed by atoms with Gasteiger partial charge in [-0.05, 0) is 55.2 Å². The highest BCUT2D eigenvalue weighted by Crippen LogP contribution is 2.31. The maximum absolute atomic E-state index is 12.9. The van der Waals surface area contributed by atoms with Gasteiger partial charge in [-0.15, -0.1) is 0 Å². The highest BCUT2D eigenvalue weighted by Gasteiger charge is 2.25. The molecule has 1 aliphatic heterocycles. The summed E-state index contributed by atoms with van der Waals surface area (Å²) >= 11 is 1.08. The van der Waals surface area contributed by atoms with Gasteiger partial charge in [-0.2, -0.15) is 0 Å². The minimum atomic E-state index is -3.66. The van der Waals surface area contributed by atoms with E-state index < -0.39 is 10.0 Å². The zero-order chi connectivity index (χ0) is 23.7. The second-order valence-electron chi connectivity index (χ2n) is 8.70. The Balaban J connectivity index is 1.25. The lowest BCUT2D eigenvalue weighted by Gasteiger charge is -2.24. The number of aromatic nitrogens is 1. The molecule has 1 aliphatic rings. The number of sulfonamides is 1. The number of hydrogen-bond donors (Lipinski definition) is 1. The summed E-state index contributed by atoms with van der Waals surface area (Å²) in [6.07, 6.45) is 1.73. The molecule has 0 saturated heterocycles. The van der Waals surface area contributed by atoms with Crippen LogP contribution in [0.4, 0.5) is 5.69 Å². The molecule has 1 unspecified atom stereocenters. The molecule has 34 heavy (non-hydrogen) atoms. The van der Waals surface area contributed by atoms with Crippen LogP contribution in [-0.2, 0) is 23.0 Å². The van der Waals surface area contributed by atoms with Crippen molar-refractivity contribution in [1.82, 2.24) is 9.29 Å². The van der Waals surface area contributed by atoms with Crippen LogP contribution in [0.5, 0.6) is 0 Å². The fraction of sp³-hybridized carbons (Fsp3) is 0.269. The van der Waals surface area contributed by atoms with Crippen molar-refractivity contribution >= 4 is 37.3 Å². The predicted molar refractivity (Wildman–Crippen MR) is 138 cm³/mol. The molecule has 8 heteroatoms. The van der Waals surface area contributed by atoms with E-state index >= 15 is 0 Å². The molecule has 4 aromatic rings. The minimum Gasteiger partial charge on any atom is -0.368 e. The first-order valence-electron chi connectivity index (χ1n) is 11.4. The molecule has 6 nitrogen and oxygen atoms in total. The van der Waals surface area contributed by atoms with Crippen LogP contribution >= 0.6 is 11.3 Å². The number of thiazole rings is 1. The molecule has 0 saturated carbocycles. The van der Waals surface area contributed by atoms with Gasteiger partial charge < -0.3 is 4.90 Å². The standard InChI is InChI=1S/C26H27N3O3S2/c1-19-16-21-10-5-6-11-23(21)28(19)15-7-14-27-34(31,32)22-12-13-24-25(17-22)33-26(30)29(24)18-20-8-3-2-4-9-20/h2-6,8-13,17,19,27H,7,14-16,18H2,1H3. The first kappa shape index (κ1) is 22.8. The summed E-state index contributed by atoms with van der Waals surface area (Å²) < 4.78 is 30.9. The SMILES string of the molecule is CC1Cc2ccccc2N1CCCNS(=O)(=O)c1ccc2c(c1)sc(=O)n2Cc1ccccc1. The fourth-order valence-electron chi connectivity index (χ4n) is 4.64. The Labute approximate surface area is 203 Å². The van der Waals surface area contributed by atoms with Gasteiger partial charge >= 0.3 is 4.87 Å². The molecule has 1 N–H and O–H groups in total. The fourth-order valence-corrected chi connectivity index (χ4v) is 6.74. The summed E-state index contributed by atoms with van der Waals surface area (Å²) in [5, 5.41) is 0. The van der Waals surface area contributed by atoms with Crippen molar-refractivity contribution in [2.24, 2.45) is 0 Å². The molecule has 0 fully saturated rings. The van der Waals surface area contributed by atoms with Crippen LogP contribution in [-0.4, -0.2) is 32.1 Å². The van der Waals surface area contributed by atoms with Gasteiger partial charge in [0, 0.05) is 24.8 Å². The highest BCUT2D eigenvalue weighted by molar-refractivity contribution is 7.89. The maximum Gasteiger partial charge on any atom is 0.308 e. The number of benzene rings is 3. The number of nitrogens with one attached hydrogen (secondary N) is 1. The first-order chi connectivity index (χ1) is 16.4. The lowest BCUT2D eigenvalue weighted by atomic mass is 10.1. The van der Waals surface area contributed by atoms with Crippen molar-refractivity contribution < 1.29 is 8.42 Å². The topological polar surface area (TPSA) is 71.4 Å². The number of nitrogens with zero attached hydrogens (tertiary/aromatic N) is 2. The molecular weight excluding hydrogens is 466 g/mol. The van der Waals surface area contributed by atoms with E-state index in [2.05, 4.69) is 34.7 Å². The van der Waals surface area contributed by atoms with Gasteiger partial charge in [-0.25, -0.2) is 13.1 Å². The van der Waals surface area contributed by atoms with Gasteiger partial charge in [0.1, 0.15) is 0 Å². The predicted octanol–water partition coefficient (Wildman–Crippen LogP) is 4.23. The van der Waals surface area contributed by atoms with Crippen molar-refractivity contribution in [2.45, 2.75) is 37.2 Å². The molecule has 0 radical (unpaired) electrons. The quantitative estimate of drug-likeness (QED) is 0.373. The third-order valence-corrected chi connectivity index (χ3v) is 8.75. The highest BCUT2D eigenvalue weighted by atomic mass is 32.2. The number of fused-ring (bicyclic) bond motifs is 2. The van der Waals surface area contributed by atoms with Crippen LogP contribution in [0.2, 0.25) is 0 Å². The van der Waals surface area contributed by atoms with Crippen molar-refractivity contribution in [3.05, 3.63) is 93.6 Å². The molecule has 176 valence electrons. The summed E-state index contributed by atoms with van der Waals surface area (Å²) in [4.78, 5) is 15.0. The van der Waals surface area contributed by atoms with Gasteiger partial charge in [0.2, 0.25) is 10.0 Å². The van der Waals surface area contributed by atoms with Gasteiger partial charge in [-0.3, -0.25) is 9.36 Å². The van der Waals surface area contributed by atoms with E-state index in [0.717, 1.165) is 35.4 Å². The van der Waals surface area contributed by atoms with E-state index in [1.165, 1.54) is 11.3 Å². The van der Waals surface area contributed by atoms with Gasteiger partial charge in [-0.1, -0.05) is 59.9 Å². The second kappa shape index (κ2) is 9.37. The van der Waals surface area contributed by atoms with Crippen LogP contribution < -0.4 is 14.5 Å². The number of para-hydroxylation sites is 1. The molecule has 0 aliphatic carbocycles. The summed E-state index contributed by atoms with van der Waals surface area (Å²) in [6, 6.07) is 23.5. The van der Waals surface area contributed by atoms with E-state index in [4.69, 9.17) is 0 Å². The Bertz CT molecular complexity index is 1480. The minimum absolute atomic E-state index is 0.0959. The number of rotatable bonds is 8. The van der Waals surface area contributed by atoms with E-state index in [-0.39, 0.29) is 9.77 Å². The average molecular weight is 494 g/mol. The summed E-state index contributed by atoms with van der Waals surface area (Å²) in [5.41, 5.74) is 4.37. The number of hydrogen-bond acceptors (Lipinski definition) is 5. The van der Waals surface area contributed by atoms with Crippen molar-refractivity contribution in [3.8, 4) is 0 Å². The smallest absolute Gasteiger partial charge is 0.308 e. The van der Waals surface area contributed by atoms with Gasteiger partial charge in [0.25, 0.3) is 0 Å². The molecule has 1 aromatic heterocycles. The Morgan fingerprint density at radius 2 is 1.79 bits per heavy atom. The monoisotopic (exact) mass is 493 g/mol. The zero-order valence-electron chi connectivity index (χ0n) is 19.0. The van der Waals surface area contributed by atoms with Crippen LogP contribution in [0.25, 0.3) is 10.2 Å². The molecule has 2 heterocycles. The van der Waals surface area contributed by atoms with Crippen LogP contribution in [0.3, 0.4) is 0 Å². The molecule has 0 bridgehead atoms. The Kier molecular flexibility index (Phi) is 6.29. The van der Waals surface area contributed by atoms with Crippen LogP contribution in [0.1, 0.15) is 24.5 Å². The lowest BCUT2D eigenvalue weighted by molar-refractivity contribution is 0.576.